The minimum absolute atomic E-state index is 0.00483. The van der Waals surface area contributed by atoms with Crippen molar-refractivity contribution in [1.29, 1.82) is 5.26 Å². The Morgan fingerprint density at radius 2 is 2.16 bits per heavy atom. The number of likely N-dealkylation sites (tertiary alicyclic amines) is 1. The molecule has 0 aromatic heterocycles. The van der Waals surface area contributed by atoms with Gasteiger partial charge >= 0.3 is 0 Å². The molecule has 1 fully saturated rings. The SMILES string of the molecule is COc1cccc(/C=C/C(=O)N2CCC(CNC(=O)CC#N)CC2)c1. The van der Waals surface area contributed by atoms with E-state index in [4.69, 9.17) is 10.00 Å². The van der Waals surface area contributed by atoms with Crippen molar-refractivity contribution >= 4 is 17.9 Å². The molecule has 6 heteroatoms. The summed E-state index contributed by atoms with van der Waals surface area (Å²) in [4.78, 5) is 25.4. The van der Waals surface area contributed by atoms with Gasteiger partial charge in [0.2, 0.25) is 11.8 Å². The van der Waals surface area contributed by atoms with Crippen molar-refractivity contribution in [1.82, 2.24) is 10.2 Å². The molecule has 0 spiro atoms. The first-order valence-corrected chi connectivity index (χ1v) is 8.37. The first kappa shape index (κ1) is 18.5. The van der Waals surface area contributed by atoms with Gasteiger partial charge in [-0.15, -0.1) is 0 Å². The maximum atomic E-state index is 12.3. The van der Waals surface area contributed by atoms with Gasteiger partial charge in [-0.1, -0.05) is 12.1 Å². The molecule has 2 rings (SSSR count). The average molecular weight is 341 g/mol. The number of benzene rings is 1. The summed E-state index contributed by atoms with van der Waals surface area (Å²) in [7, 11) is 1.61. The summed E-state index contributed by atoms with van der Waals surface area (Å²) in [6.07, 6.45) is 4.98. The van der Waals surface area contributed by atoms with Crippen LogP contribution < -0.4 is 10.1 Å². The van der Waals surface area contributed by atoms with Crippen molar-refractivity contribution in [3.05, 3.63) is 35.9 Å². The molecule has 1 aliphatic heterocycles. The van der Waals surface area contributed by atoms with Crippen molar-refractivity contribution in [3.8, 4) is 11.8 Å². The second-order valence-electron chi connectivity index (χ2n) is 6.02. The van der Waals surface area contributed by atoms with Crippen molar-refractivity contribution in [3.63, 3.8) is 0 Å². The molecule has 0 aliphatic carbocycles. The van der Waals surface area contributed by atoms with E-state index in [0.717, 1.165) is 24.2 Å². The smallest absolute Gasteiger partial charge is 0.246 e. The molecule has 0 atom stereocenters. The average Bonchev–Trinajstić information content (AvgIpc) is 2.65. The van der Waals surface area contributed by atoms with Crippen LogP contribution in [0.1, 0.15) is 24.8 Å². The predicted molar refractivity (Wildman–Crippen MR) is 94.6 cm³/mol. The first-order chi connectivity index (χ1) is 12.1. The van der Waals surface area contributed by atoms with E-state index in [-0.39, 0.29) is 18.2 Å². The number of hydrogen-bond donors (Lipinski definition) is 1. The molecule has 0 unspecified atom stereocenters. The lowest BCUT2D eigenvalue weighted by Gasteiger charge is -2.31. The standard InChI is InChI=1S/C19H23N3O3/c1-25-17-4-2-3-15(13-17)5-6-19(24)22-11-8-16(9-12-22)14-21-18(23)7-10-20/h2-6,13,16H,7-9,11-12,14H2,1H3,(H,21,23)/b6-5+. The Balaban J connectivity index is 1.78. The molecular formula is C19H23N3O3. The van der Waals surface area contributed by atoms with Crippen LogP contribution in [0.2, 0.25) is 0 Å². The van der Waals surface area contributed by atoms with Gasteiger partial charge in [-0.3, -0.25) is 9.59 Å². The van der Waals surface area contributed by atoms with Crippen molar-refractivity contribution < 1.29 is 14.3 Å². The number of piperidine rings is 1. The first-order valence-electron chi connectivity index (χ1n) is 8.37. The van der Waals surface area contributed by atoms with Gasteiger partial charge in [-0.2, -0.15) is 5.26 Å². The number of rotatable bonds is 6. The Labute approximate surface area is 148 Å². The number of nitrogens with zero attached hydrogens (tertiary/aromatic N) is 2. The molecule has 0 saturated carbocycles. The second-order valence-corrected chi connectivity index (χ2v) is 6.02. The quantitative estimate of drug-likeness (QED) is 0.802. The van der Waals surface area contributed by atoms with Crippen LogP contribution in [0.25, 0.3) is 6.08 Å². The highest BCUT2D eigenvalue weighted by Crippen LogP contribution is 2.18. The molecule has 0 bridgehead atoms. The Bertz CT molecular complexity index is 671. The normalized spacial score (nSPS) is 15.0. The monoisotopic (exact) mass is 341 g/mol. The van der Waals surface area contributed by atoms with Crippen LogP contribution in [0.15, 0.2) is 30.3 Å². The molecule has 1 N–H and O–H groups in total. The maximum Gasteiger partial charge on any atom is 0.246 e. The van der Waals surface area contributed by atoms with Crippen LogP contribution >= 0.6 is 0 Å². The van der Waals surface area contributed by atoms with Gasteiger partial charge in [0.15, 0.2) is 0 Å². The van der Waals surface area contributed by atoms with E-state index in [0.29, 0.717) is 25.6 Å². The van der Waals surface area contributed by atoms with Crippen molar-refractivity contribution in [2.45, 2.75) is 19.3 Å². The van der Waals surface area contributed by atoms with Crippen molar-refractivity contribution in [2.75, 3.05) is 26.7 Å². The lowest BCUT2D eigenvalue weighted by atomic mass is 9.96. The van der Waals surface area contributed by atoms with E-state index in [1.807, 2.05) is 35.2 Å². The topological polar surface area (TPSA) is 82.4 Å². The number of hydrogen-bond acceptors (Lipinski definition) is 4. The lowest BCUT2D eigenvalue weighted by molar-refractivity contribution is -0.127. The third kappa shape index (κ3) is 5.96. The molecular weight excluding hydrogens is 318 g/mol. The van der Waals surface area contributed by atoms with Gasteiger partial charge in [-0.05, 0) is 42.5 Å². The van der Waals surface area contributed by atoms with Gasteiger partial charge in [0, 0.05) is 25.7 Å². The van der Waals surface area contributed by atoms with Gasteiger partial charge < -0.3 is 15.0 Å². The van der Waals surface area contributed by atoms with E-state index in [2.05, 4.69) is 5.32 Å². The van der Waals surface area contributed by atoms with Crippen LogP contribution in [0.4, 0.5) is 0 Å². The number of nitrogens with one attached hydrogen (secondary N) is 1. The minimum atomic E-state index is -0.234. The third-order valence-corrected chi connectivity index (χ3v) is 4.27. The van der Waals surface area contributed by atoms with E-state index in [9.17, 15) is 9.59 Å². The predicted octanol–water partition coefficient (Wildman–Crippen LogP) is 1.98. The zero-order valence-corrected chi connectivity index (χ0v) is 14.4. The number of ether oxygens (including phenoxy) is 1. The molecule has 1 aliphatic rings. The summed E-state index contributed by atoms with van der Waals surface area (Å²) in [6, 6.07) is 9.37. The highest BCUT2D eigenvalue weighted by molar-refractivity contribution is 5.91. The Morgan fingerprint density at radius 1 is 1.40 bits per heavy atom. The fraction of sp³-hybridized carbons (Fsp3) is 0.421. The molecule has 1 aromatic carbocycles. The Kier molecular flexibility index (Phi) is 7.02. The molecule has 25 heavy (non-hydrogen) atoms. The Hall–Kier alpha value is -2.81. The van der Waals surface area contributed by atoms with Gasteiger partial charge in [-0.25, -0.2) is 0 Å². The summed E-state index contributed by atoms with van der Waals surface area (Å²) in [5.41, 5.74) is 0.919. The largest absolute Gasteiger partial charge is 0.497 e. The Morgan fingerprint density at radius 3 is 2.84 bits per heavy atom. The van der Waals surface area contributed by atoms with Crippen LogP contribution in [0.3, 0.4) is 0 Å². The molecule has 1 aromatic rings. The fourth-order valence-electron chi connectivity index (χ4n) is 2.77. The summed E-state index contributed by atoms with van der Waals surface area (Å²) < 4.78 is 5.17. The van der Waals surface area contributed by atoms with E-state index < -0.39 is 0 Å². The molecule has 0 radical (unpaired) electrons. The van der Waals surface area contributed by atoms with E-state index in [1.54, 1.807) is 19.3 Å². The van der Waals surface area contributed by atoms with Crippen LogP contribution in [0, 0.1) is 17.2 Å². The number of nitriles is 1. The highest BCUT2D eigenvalue weighted by atomic mass is 16.5. The minimum Gasteiger partial charge on any atom is -0.497 e. The molecule has 6 nitrogen and oxygen atoms in total. The summed E-state index contributed by atoms with van der Waals surface area (Å²) >= 11 is 0. The van der Waals surface area contributed by atoms with Crippen LogP contribution in [-0.4, -0.2) is 43.5 Å². The van der Waals surface area contributed by atoms with E-state index >= 15 is 0 Å². The van der Waals surface area contributed by atoms with Gasteiger partial charge in [0.1, 0.15) is 12.2 Å². The number of carbonyl (C=O) groups excluding carboxylic acids is 2. The molecule has 2 amide bonds. The van der Waals surface area contributed by atoms with Gasteiger partial charge in [0.05, 0.1) is 13.2 Å². The van der Waals surface area contributed by atoms with Crippen LogP contribution in [0.5, 0.6) is 5.75 Å². The van der Waals surface area contributed by atoms with Crippen molar-refractivity contribution in [2.24, 2.45) is 5.92 Å². The number of carbonyl (C=O) groups is 2. The third-order valence-electron chi connectivity index (χ3n) is 4.27. The molecule has 1 saturated heterocycles. The second kappa shape index (κ2) is 9.48. The number of amides is 2. The summed E-state index contributed by atoms with van der Waals surface area (Å²) in [6.45, 7) is 1.93. The zero-order chi connectivity index (χ0) is 18.1. The summed E-state index contributed by atoms with van der Waals surface area (Å²) in [5, 5.41) is 11.2. The lowest BCUT2D eigenvalue weighted by Crippen LogP contribution is -2.40. The van der Waals surface area contributed by atoms with Crippen LogP contribution in [-0.2, 0) is 9.59 Å². The highest BCUT2D eigenvalue weighted by Gasteiger charge is 2.21. The van der Waals surface area contributed by atoms with Gasteiger partial charge in [0.25, 0.3) is 0 Å². The van der Waals surface area contributed by atoms with E-state index in [1.165, 1.54) is 0 Å². The summed E-state index contributed by atoms with van der Waals surface area (Å²) in [5.74, 6) is 0.875. The fourth-order valence-corrected chi connectivity index (χ4v) is 2.77. The number of methoxy groups -OCH3 is 1. The maximum absolute atomic E-state index is 12.3. The zero-order valence-electron chi connectivity index (χ0n) is 14.4. The molecule has 132 valence electrons. The molecule has 1 heterocycles.